The molecule has 2 N–H and O–H groups in total. The summed E-state index contributed by atoms with van der Waals surface area (Å²) in [6.07, 6.45) is 9.00. The SMILES string of the molecule is NCC1C2(CCC2)C12CCC2. The van der Waals surface area contributed by atoms with Crippen LogP contribution in [0.25, 0.3) is 0 Å². The zero-order chi connectivity index (χ0) is 7.53. The third kappa shape index (κ3) is 0.462. The maximum atomic E-state index is 5.80. The van der Waals surface area contributed by atoms with Crippen molar-refractivity contribution in [2.24, 2.45) is 22.5 Å². The molecule has 1 heteroatoms. The Morgan fingerprint density at radius 3 is 1.55 bits per heavy atom. The molecule has 0 bridgehead atoms. The first-order chi connectivity index (χ1) is 5.36. The lowest BCUT2D eigenvalue weighted by Crippen LogP contribution is -2.26. The second kappa shape index (κ2) is 1.66. The molecule has 3 aliphatic rings. The summed E-state index contributed by atoms with van der Waals surface area (Å²) in [6, 6.07) is 0. The van der Waals surface area contributed by atoms with Gasteiger partial charge in [0.15, 0.2) is 0 Å². The van der Waals surface area contributed by atoms with Gasteiger partial charge in [-0.05, 0) is 49.0 Å². The van der Waals surface area contributed by atoms with Crippen LogP contribution < -0.4 is 5.73 Å². The van der Waals surface area contributed by atoms with Crippen molar-refractivity contribution in [1.82, 2.24) is 0 Å². The Labute approximate surface area is 68.3 Å². The van der Waals surface area contributed by atoms with Gasteiger partial charge in [-0.1, -0.05) is 12.8 Å². The van der Waals surface area contributed by atoms with Gasteiger partial charge in [0.25, 0.3) is 0 Å². The molecule has 0 unspecified atom stereocenters. The van der Waals surface area contributed by atoms with Crippen LogP contribution in [0.15, 0.2) is 0 Å². The molecular weight excluding hydrogens is 134 g/mol. The van der Waals surface area contributed by atoms with Crippen molar-refractivity contribution in [2.45, 2.75) is 38.5 Å². The number of fused-ring (bicyclic) bond motifs is 1. The second-order valence-electron chi connectivity index (χ2n) is 4.81. The Kier molecular flexibility index (Phi) is 0.976. The van der Waals surface area contributed by atoms with Gasteiger partial charge in [-0.15, -0.1) is 0 Å². The van der Waals surface area contributed by atoms with E-state index in [-0.39, 0.29) is 0 Å². The second-order valence-corrected chi connectivity index (χ2v) is 4.81. The first-order valence-electron chi connectivity index (χ1n) is 5.06. The van der Waals surface area contributed by atoms with Crippen LogP contribution >= 0.6 is 0 Å². The molecule has 0 aromatic heterocycles. The van der Waals surface area contributed by atoms with Crippen molar-refractivity contribution < 1.29 is 0 Å². The van der Waals surface area contributed by atoms with Crippen LogP contribution in [-0.2, 0) is 0 Å². The Bertz CT molecular complexity index is 169. The van der Waals surface area contributed by atoms with E-state index in [1.807, 2.05) is 0 Å². The van der Waals surface area contributed by atoms with Crippen molar-refractivity contribution in [2.75, 3.05) is 6.54 Å². The predicted octanol–water partition coefficient (Wildman–Crippen LogP) is 1.92. The van der Waals surface area contributed by atoms with E-state index in [4.69, 9.17) is 5.73 Å². The van der Waals surface area contributed by atoms with Crippen molar-refractivity contribution in [3.63, 3.8) is 0 Å². The molecule has 0 aliphatic heterocycles. The first-order valence-corrected chi connectivity index (χ1v) is 5.06. The third-order valence-corrected chi connectivity index (χ3v) is 4.97. The van der Waals surface area contributed by atoms with Gasteiger partial charge in [-0.25, -0.2) is 0 Å². The van der Waals surface area contributed by atoms with Gasteiger partial charge in [0.2, 0.25) is 0 Å². The Hall–Kier alpha value is -0.0400. The predicted molar refractivity (Wildman–Crippen MR) is 45.1 cm³/mol. The van der Waals surface area contributed by atoms with Crippen LogP contribution in [0.1, 0.15) is 38.5 Å². The topological polar surface area (TPSA) is 26.0 Å². The lowest BCUT2D eigenvalue weighted by Gasteiger charge is -2.38. The van der Waals surface area contributed by atoms with Gasteiger partial charge in [0.1, 0.15) is 0 Å². The molecule has 62 valence electrons. The Morgan fingerprint density at radius 1 is 1.00 bits per heavy atom. The molecule has 3 saturated carbocycles. The van der Waals surface area contributed by atoms with E-state index >= 15 is 0 Å². The van der Waals surface area contributed by atoms with Crippen molar-refractivity contribution in [3.05, 3.63) is 0 Å². The summed E-state index contributed by atoms with van der Waals surface area (Å²) in [6.45, 7) is 0.972. The lowest BCUT2D eigenvalue weighted by atomic mass is 9.67. The molecule has 0 atom stereocenters. The maximum absolute atomic E-state index is 5.80. The molecule has 1 nitrogen and oxygen atoms in total. The lowest BCUT2D eigenvalue weighted by molar-refractivity contribution is 0.129. The average Bonchev–Trinajstić information content (AvgIpc) is 2.47. The van der Waals surface area contributed by atoms with E-state index in [1.165, 1.54) is 38.5 Å². The molecule has 3 fully saturated rings. The first kappa shape index (κ1) is 6.47. The van der Waals surface area contributed by atoms with E-state index in [0.717, 1.165) is 23.3 Å². The van der Waals surface area contributed by atoms with Gasteiger partial charge >= 0.3 is 0 Å². The minimum atomic E-state index is 0.806. The van der Waals surface area contributed by atoms with Gasteiger partial charge in [0, 0.05) is 0 Å². The quantitative estimate of drug-likeness (QED) is 0.608. The molecule has 0 aromatic carbocycles. The summed E-state index contributed by atoms with van der Waals surface area (Å²) >= 11 is 0. The Morgan fingerprint density at radius 2 is 1.45 bits per heavy atom. The highest BCUT2D eigenvalue weighted by Crippen LogP contribution is 2.84. The molecule has 11 heavy (non-hydrogen) atoms. The molecular formula is C10H17N. The fourth-order valence-corrected chi connectivity index (χ4v) is 4.10. The van der Waals surface area contributed by atoms with Crippen LogP contribution in [0.5, 0.6) is 0 Å². The van der Waals surface area contributed by atoms with Gasteiger partial charge in [-0.2, -0.15) is 0 Å². The summed E-state index contributed by atoms with van der Waals surface area (Å²) in [7, 11) is 0. The van der Waals surface area contributed by atoms with Crippen LogP contribution in [0.3, 0.4) is 0 Å². The zero-order valence-corrected chi connectivity index (χ0v) is 7.10. The van der Waals surface area contributed by atoms with E-state index in [0.29, 0.717) is 0 Å². The van der Waals surface area contributed by atoms with Crippen LogP contribution in [0.2, 0.25) is 0 Å². The highest BCUT2D eigenvalue weighted by Gasteiger charge is 2.78. The smallest absolute Gasteiger partial charge is 0.00378 e. The largest absolute Gasteiger partial charge is 0.330 e. The molecule has 3 rings (SSSR count). The van der Waals surface area contributed by atoms with E-state index in [2.05, 4.69) is 0 Å². The van der Waals surface area contributed by atoms with Gasteiger partial charge in [0.05, 0.1) is 0 Å². The van der Waals surface area contributed by atoms with E-state index in [1.54, 1.807) is 0 Å². The zero-order valence-electron chi connectivity index (χ0n) is 7.10. The molecule has 0 amide bonds. The van der Waals surface area contributed by atoms with Crippen molar-refractivity contribution in [3.8, 4) is 0 Å². The minimum absolute atomic E-state index is 0.806. The number of hydrogen-bond acceptors (Lipinski definition) is 1. The summed E-state index contributed by atoms with van der Waals surface area (Å²) in [4.78, 5) is 0. The third-order valence-electron chi connectivity index (χ3n) is 4.97. The van der Waals surface area contributed by atoms with E-state index < -0.39 is 0 Å². The Balaban J connectivity index is 1.86. The van der Waals surface area contributed by atoms with Crippen LogP contribution in [0.4, 0.5) is 0 Å². The fourth-order valence-electron chi connectivity index (χ4n) is 4.10. The standard InChI is InChI=1S/C10H17N/c11-7-8-9(3-1-4-9)10(8)5-2-6-10/h8H,1-7,11H2. The normalized spacial score (nSPS) is 41.7. The summed E-state index contributed by atoms with van der Waals surface area (Å²) < 4.78 is 0. The fraction of sp³-hybridized carbons (Fsp3) is 1.00. The highest BCUT2D eigenvalue weighted by molar-refractivity contribution is 5.27. The van der Waals surface area contributed by atoms with Gasteiger partial charge in [-0.3, -0.25) is 0 Å². The summed E-state index contributed by atoms with van der Waals surface area (Å²) in [5.41, 5.74) is 7.42. The number of hydrogen-bond donors (Lipinski definition) is 1. The molecule has 0 aromatic rings. The van der Waals surface area contributed by atoms with Crippen molar-refractivity contribution in [1.29, 1.82) is 0 Å². The molecule has 3 aliphatic carbocycles. The average molecular weight is 151 g/mol. The molecule has 0 heterocycles. The number of rotatable bonds is 1. The van der Waals surface area contributed by atoms with Crippen molar-refractivity contribution >= 4 is 0 Å². The minimum Gasteiger partial charge on any atom is -0.330 e. The number of nitrogens with two attached hydrogens (primary N) is 1. The van der Waals surface area contributed by atoms with Crippen LogP contribution in [-0.4, -0.2) is 6.54 Å². The van der Waals surface area contributed by atoms with E-state index in [9.17, 15) is 0 Å². The highest BCUT2D eigenvalue weighted by atomic mass is 14.9. The molecule has 0 radical (unpaired) electrons. The molecule has 0 saturated heterocycles. The van der Waals surface area contributed by atoms with Crippen LogP contribution in [0, 0.1) is 16.7 Å². The summed E-state index contributed by atoms with van der Waals surface area (Å²) in [5, 5.41) is 0. The van der Waals surface area contributed by atoms with Gasteiger partial charge < -0.3 is 5.73 Å². The monoisotopic (exact) mass is 151 g/mol. The summed E-state index contributed by atoms with van der Waals surface area (Å²) in [5.74, 6) is 0.942. The molecule has 2 spiro atoms. The maximum Gasteiger partial charge on any atom is -0.00378 e.